The molecule has 2 amide bonds. The van der Waals surface area contributed by atoms with E-state index in [4.69, 9.17) is 10.00 Å². The van der Waals surface area contributed by atoms with E-state index in [1.807, 2.05) is 0 Å². The Balaban J connectivity index is 2.03. The Morgan fingerprint density at radius 2 is 1.88 bits per heavy atom. The summed E-state index contributed by atoms with van der Waals surface area (Å²) in [6.07, 6.45) is 4.87. The van der Waals surface area contributed by atoms with Crippen LogP contribution < -0.4 is 10.6 Å². The minimum absolute atomic E-state index is 0.162. The van der Waals surface area contributed by atoms with Gasteiger partial charge in [-0.1, -0.05) is 12.8 Å². The first kappa shape index (κ1) is 13.5. The molecule has 0 bridgehead atoms. The lowest BCUT2D eigenvalue weighted by Crippen LogP contribution is -2.41. The molecule has 1 saturated carbocycles. The van der Waals surface area contributed by atoms with Gasteiger partial charge in [0.25, 0.3) is 0 Å². The van der Waals surface area contributed by atoms with Crippen molar-refractivity contribution in [2.75, 3.05) is 19.7 Å². The Bertz CT molecular complexity index is 306. The smallest absolute Gasteiger partial charge is 0.310 e. The largest absolute Gasteiger partial charge is 0.376 e. The van der Waals surface area contributed by atoms with E-state index in [1.54, 1.807) is 6.07 Å². The third-order valence-electron chi connectivity index (χ3n) is 2.58. The average molecular weight is 239 g/mol. The van der Waals surface area contributed by atoms with Crippen molar-refractivity contribution in [1.82, 2.24) is 10.6 Å². The molecule has 1 fully saturated rings. The molecule has 6 nitrogen and oxygen atoms in total. The quantitative estimate of drug-likeness (QED) is 0.391. The molecule has 0 atom stereocenters. The van der Waals surface area contributed by atoms with Crippen LogP contribution in [-0.2, 0) is 14.3 Å². The zero-order chi connectivity index (χ0) is 12.5. The van der Waals surface area contributed by atoms with Gasteiger partial charge in [-0.3, -0.25) is 9.59 Å². The van der Waals surface area contributed by atoms with Gasteiger partial charge in [0, 0.05) is 6.54 Å². The number of hydrogen-bond donors (Lipinski definition) is 2. The van der Waals surface area contributed by atoms with Crippen LogP contribution in [0.25, 0.3) is 0 Å². The average Bonchev–Trinajstić information content (AvgIpc) is 2.84. The lowest BCUT2D eigenvalue weighted by Gasteiger charge is -2.11. The molecule has 0 spiro atoms. The van der Waals surface area contributed by atoms with Crippen molar-refractivity contribution in [2.24, 2.45) is 0 Å². The Hall–Kier alpha value is -1.61. The van der Waals surface area contributed by atoms with Gasteiger partial charge in [0.05, 0.1) is 18.8 Å². The van der Waals surface area contributed by atoms with Crippen LogP contribution in [0, 0.1) is 11.3 Å². The van der Waals surface area contributed by atoms with Gasteiger partial charge in [-0.25, -0.2) is 0 Å². The first-order valence-electron chi connectivity index (χ1n) is 5.78. The van der Waals surface area contributed by atoms with Crippen molar-refractivity contribution in [3.63, 3.8) is 0 Å². The van der Waals surface area contributed by atoms with Crippen molar-refractivity contribution in [3.8, 4) is 6.07 Å². The van der Waals surface area contributed by atoms with Gasteiger partial charge < -0.3 is 15.4 Å². The van der Waals surface area contributed by atoms with Gasteiger partial charge in [-0.05, 0) is 12.8 Å². The van der Waals surface area contributed by atoms with Gasteiger partial charge >= 0.3 is 11.8 Å². The third-order valence-corrected chi connectivity index (χ3v) is 2.58. The fourth-order valence-electron chi connectivity index (χ4n) is 1.73. The summed E-state index contributed by atoms with van der Waals surface area (Å²) in [6, 6.07) is 1.72. The van der Waals surface area contributed by atoms with Crippen LogP contribution in [0.4, 0.5) is 0 Å². The van der Waals surface area contributed by atoms with Crippen molar-refractivity contribution >= 4 is 11.8 Å². The van der Waals surface area contributed by atoms with Gasteiger partial charge in [-0.2, -0.15) is 5.26 Å². The van der Waals surface area contributed by atoms with E-state index >= 15 is 0 Å². The second kappa shape index (κ2) is 7.63. The van der Waals surface area contributed by atoms with Crippen molar-refractivity contribution in [3.05, 3.63) is 0 Å². The molecule has 1 aliphatic rings. The molecule has 6 heteroatoms. The molecule has 1 aliphatic carbocycles. The van der Waals surface area contributed by atoms with Crippen LogP contribution in [0.2, 0.25) is 0 Å². The van der Waals surface area contributed by atoms with Crippen molar-refractivity contribution in [1.29, 1.82) is 5.26 Å². The number of ether oxygens (including phenoxy) is 1. The minimum Gasteiger partial charge on any atom is -0.376 e. The first-order valence-corrected chi connectivity index (χ1v) is 5.78. The number of hydrogen-bond acceptors (Lipinski definition) is 4. The summed E-state index contributed by atoms with van der Waals surface area (Å²) in [7, 11) is 0. The number of carbonyl (C=O) groups is 2. The molecule has 0 aromatic heterocycles. The molecule has 94 valence electrons. The predicted octanol–water partition coefficient (Wildman–Crippen LogP) is -0.298. The third kappa shape index (κ3) is 5.31. The van der Waals surface area contributed by atoms with E-state index in [2.05, 4.69) is 10.6 Å². The van der Waals surface area contributed by atoms with Crippen molar-refractivity contribution in [2.45, 2.75) is 31.8 Å². The monoisotopic (exact) mass is 239 g/mol. The van der Waals surface area contributed by atoms with E-state index < -0.39 is 11.8 Å². The van der Waals surface area contributed by atoms with Crippen molar-refractivity contribution < 1.29 is 14.3 Å². The standard InChI is InChI=1S/C11H17N3O3/c12-5-6-13-10(15)11(16)14-7-8-17-9-3-1-2-4-9/h9H,1-4,6-8H2,(H,13,15)(H,14,16). The van der Waals surface area contributed by atoms with E-state index in [0.717, 1.165) is 12.8 Å². The van der Waals surface area contributed by atoms with Crippen LogP contribution in [0.15, 0.2) is 0 Å². The molecule has 0 unspecified atom stereocenters. The number of nitrogens with zero attached hydrogens (tertiary/aromatic N) is 1. The highest BCUT2D eigenvalue weighted by Gasteiger charge is 2.15. The summed E-state index contributed by atoms with van der Waals surface area (Å²) in [5.41, 5.74) is 0. The topological polar surface area (TPSA) is 91.2 Å². The highest BCUT2D eigenvalue weighted by atomic mass is 16.5. The van der Waals surface area contributed by atoms with Gasteiger partial charge in [-0.15, -0.1) is 0 Å². The first-order chi connectivity index (χ1) is 8.24. The highest BCUT2D eigenvalue weighted by Crippen LogP contribution is 2.20. The summed E-state index contributed by atoms with van der Waals surface area (Å²) in [6.45, 7) is 0.571. The second-order valence-corrected chi connectivity index (χ2v) is 3.87. The predicted molar refractivity (Wildman–Crippen MR) is 59.8 cm³/mol. The number of nitrogens with one attached hydrogen (secondary N) is 2. The van der Waals surface area contributed by atoms with E-state index in [1.165, 1.54) is 12.8 Å². The maximum absolute atomic E-state index is 11.2. The SMILES string of the molecule is N#CCNC(=O)C(=O)NCCOC1CCCC1. The van der Waals surface area contributed by atoms with Crippen LogP contribution >= 0.6 is 0 Å². The Morgan fingerprint density at radius 3 is 2.53 bits per heavy atom. The lowest BCUT2D eigenvalue weighted by molar-refractivity contribution is -0.139. The molecular formula is C11H17N3O3. The number of carbonyl (C=O) groups excluding carboxylic acids is 2. The van der Waals surface area contributed by atoms with E-state index in [-0.39, 0.29) is 6.54 Å². The molecule has 0 radical (unpaired) electrons. The summed E-state index contributed by atoms with van der Waals surface area (Å²) >= 11 is 0. The fourth-order valence-corrected chi connectivity index (χ4v) is 1.73. The molecular weight excluding hydrogens is 222 g/mol. The molecule has 2 N–H and O–H groups in total. The van der Waals surface area contributed by atoms with Crippen LogP contribution in [0.5, 0.6) is 0 Å². The summed E-state index contributed by atoms with van der Waals surface area (Å²) in [4.78, 5) is 22.2. The zero-order valence-corrected chi connectivity index (χ0v) is 9.70. The molecule has 0 aliphatic heterocycles. The number of amides is 2. The maximum atomic E-state index is 11.2. The molecule has 0 aromatic carbocycles. The fraction of sp³-hybridized carbons (Fsp3) is 0.727. The zero-order valence-electron chi connectivity index (χ0n) is 9.70. The Morgan fingerprint density at radius 1 is 1.24 bits per heavy atom. The molecule has 0 aromatic rings. The Labute approximate surface area is 100 Å². The highest BCUT2D eigenvalue weighted by molar-refractivity contribution is 6.35. The summed E-state index contributed by atoms with van der Waals surface area (Å²) in [5, 5.41) is 12.8. The maximum Gasteiger partial charge on any atom is 0.310 e. The summed E-state index contributed by atoms with van der Waals surface area (Å²) in [5.74, 6) is -1.51. The van der Waals surface area contributed by atoms with E-state index in [0.29, 0.717) is 19.3 Å². The van der Waals surface area contributed by atoms with Gasteiger partial charge in [0.15, 0.2) is 0 Å². The van der Waals surface area contributed by atoms with Crippen LogP contribution in [0.3, 0.4) is 0 Å². The van der Waals surface area contributed by atoms with E-state index in [9.17, 15) is 9.59 Å². The van der Waals surface area contributed by atoms with Gasteiger partial charge in [0.2, 0.25) is 0 Å². The normalized spacial score (nSPS) is 15.2. The lowest BCUT2D eigenvalue weighted by atomic mass is 10.3. The van der Waals surface area contributed by atoms with Gasteiger partial charge in [0.1, 0.15) is 6.54 Å². The molecule has 0 saturated heterocycles. The number of rotatable bonds is 5. The molecule has 17 heavy (non-hydrogen) atoms. The van der Waals surface area contributed by atoms with Crippen LogP contribution in [0.1, 0.15) is 25.7 Å². The minimum atomic E-state index is -0.785. The Kier molecular flexibility index (Phi) is 6.04. The number of nitriles is 1. The van der Waals surface area contributed by atoms with Crippen LogP contribution in [-0.4, -0.2) is 37.6 Å². The second-order valence-electron chi connectivity index (χ2n) is 3.87. The molecule has 0 heterocycles. The molecule has 1 rings (SSSR count). The summed E-state index contributed by atoms with van der Waals surface area (Å²) < 4.78 is 5.52.